The van der Waals surface area contributed by atoms with Gasteiger partial charge in [-0.3, -0.25) is 4.79 Å². The van der Waals surface area contributed by atoms with Crippen LogP contribution < -0.4 is 10.1 Å². The molecule has 3 heteroatoms. The number of carbonyl (C=O) groups is 1. The minimum Gasteiger partial charge on any atom is -0.496 e. The van der Waals surface area contributed by atoms with Gasteiger partial charge in [0.15, 0.2) is 0 Å². The van der Waals surface area contributed by atoms with Crippen LogP contribution in [0.4, 0.5) is 0 Å². The number of carbonyl (C=O) groups excluding carboxylic acids is 1. The number of ether oxygens (including phenoxy) is 1. The molecule has 0 radical (unpaired) electrons. The summed E-state index contributed by atoms with van der Waals surface area (Å²) in [5, 5.41) is 2.82. The van der Waals surface area contributed by atoms with E-state index in [4.69, 9.17) is 4.74 Å². The van der Waals surface area contributed by atoms with Crippen LogP contribution >= 0.6 is 0 Å². The maximum absolute atomic E-state index is 11.0. The first kappa shape index (κ1) is 14.6. The molecule has 1 aromatic rings. The minimum atomic E-state index is -0.0316. The predicted octanol–water partition coefficient (Wildman–Crippen LogP) is 2.94. The van der Waals surface area contributed by atoms with Crippen LogP contribution in [0.25, 0.3) is 0 Å². The normalized spacial score (nSPS) is 11.2. The van der Waals surface area contributed by atoms with Crippen molar-refractivity contribution in [2.24, 2.45) is 0 Å². The van der Waals surface area contributed by atoms with Crippen molar-refractivity contribution in [3.63, 3.8) is 0 Å². The third kappa shape index (κ3) is 3.49. The van der Waals surface area contributed by atoms with Gasteiger partial charge in [0.25, 0.3) is 0 Å². The van der Waals surface area contributed by atoms with Crippen molar-refractivity contribution in [3.8, 4) is 5.75 Å². The van der Waals surface area contributed by atoms with E-state index < -0.39 is 0 Å². The van der Waals surface area contributed by atoms with Gasteiger partial charge < -0.3 is 10.1 Å². The Morgan fingerprint density at radius 3 is 2.39 bits per heavy atom. The third-order valence-electron chi connectivity index (χ3n) is 2.85. The van der Waals surface area contributed by atoms with Gasteiger partial charge in [-0.15, -0.1) is 0 Å². The third-order valence-corrected chi connectivity index (χ3v) is 2.85. The first-order valence-electron chi connectivity index (χ1n) is 6.18. The zero-order valence-corrected chi connectivity index (χ0v) is 12.2. The molecule has 0 fully saturated rings. The topological polar surface area (TPSA) is 38.3 Å². The monoisotopic (exact) mass is 249 g/mol. The van der Waals surface area contributed by atoms with Gasteiger partial charge in [-0.1, -0.05) is 38.5 Å². The van der Waals surface area contributed by atoms with Crippen molar-refractivity contribution in [2.75, 3.05) is 7.11 Å². The van der Waals surface area contributed by atoms with Crippen LogP contribution in [-0.2, 0) is 16.8 Å². The molecule has 100 valence electrons. The van der Waals surface area contributed by atoms with E-state index >= 15 is 0 Å². The number of nitrogens with one attached hydrogen (secondary N) is 1. The largest absolute Gasteiger partial charge is 0.496 e. The number of rotatable bonds is 3. The summed E-state index contributed by atoms with van der Waals surface area (Å²) in [6.45, 7) is 10.6. The highest BCUT2D eigenvalue weighted by Gasteiger charge is 2.21. The highest BCUT2D eigenvalue weighted by molar-refractivity contribution is 5.73. The highest BCUT2D eigenvalue weighted by atomic mass is 16.5. The SMILES string of the molecule is COc1c(CNC(C)=O)cc(C)cc1C(C)(C)C. The Bertz CT molecular complexity index is 445. The number of methoxy groups -OCH3 is 1. The number of hydrogen-bond donors (Lipinski definition) is 1. The molecule has 0 saturated heterocycles. The molecule has 0 atom stereocenters. The minimum absolute atomic E-state index is 0.0162. The maximum atomic E-state index is 11.0. The summed E-state index contributed by atoms with van der Waals surface area (Å²) in [5.74, 6) is 0.845. The Morgan fingerprint density at radius 1 is 1.33 bits per heavy atom. The van der Waals surface area contributed by atoms with Crippen molar-refractivity contribution >= 4 is 5.91 Å². The van der Waals surface area contributed by atoms with Crippen LogP contribution in [0.5, 0.6) is 5.75 Å². The molecule has 0 bridgehead atoms. The van der Waals surface area contributed by atoms with E-state index in [-0.39, 0.29) is 11.3 Å². The van der Waals surface area contributed by atoms with Gasteiger partial charge in [-0.05, 0) is 12.3 Å². The summed E-state index contributed by atoms with van der Waals surface area (Å²) in [4.78, 5) is 11.0. The predicted molar refractivity (Wildman–Crippen MR) is 74.0 cm³/mol. The lowest BCUT2D eigenvalue weighted by atomic mass is 9.84. The molecule has 3 nitrogen and oxygen atoms in total. The fourth-order valence-electron chi connectivity index (χ4n) is 2.00. The summed E-state index contributed by atoms with van der Waals surface area (Å²) < 4.78 is 5.54. The average molecular weight is 249 g/mol. The second-order valence-corrected chi connectivity index (χ2v) is 5.66. The summed E-state index contributed by atoms with van der Waals surface area (Å²) >= 11 is 0. The molecule has 1 N–H and O–H groups in total. The van der Waals surface area contributed by atoms with Gasteiger partial charge in [0.2, 0.25) is 5.91 Å². The first-order chi connectivity index (χ1) is 8.25. The summed E-state index contributed by atoms with van der Waals surface area (Å²) in [7, 11) is 1.68. The van der Waals surface area contributed by atoms with Crippen LogP contribution in [0.2, 0.25) is 0 Å². The van der Waals surface area contributed by atoms with E-state index in [2.05, 4.69) is 45.1 Å². The van der Waals surface area contributed by atoms with Crippen molar-refractivity contribution in [1.82, 2.24) is 5.32 Å². The molecule has 0 unspecified atom stereocenters. The lowest BCUT2D eigenvalue weighted by Crippen LogP contribution is -2.21. The molecule has 1 aromatic carbocycles. The number of benzene rings is 1. The molecule has 0 aromatic heterocycles. The number of amides is 1. The van der Waals surface area contributed by atoms with Crippen LogP contribution in [0.3, 0.4) is 0 Å². The van der Waals surface area contributed by atoms with Crippen LogP contribution in [0.15, 0.2) is 12.1 Å². The first-order valence-corrected chi connectivity index (χ1v) is 6.18. The van der Waals surface area contributed by atoms with E-state index in [9.17, 15) is 4.79 Å². The van der Waals surface area contributed by atoms with Crippen molar-refractivity contribution in [3.05, 3.63) is 28.8 Å². The second kappa shape index (κ2) is 5.42. The van der Waals surface area contributed by atoms with Crippen LogP contribution in [0, 0.1) is 6.92 Å². The van der Waals surface area contributed by atoms with Gasteiger partial charge in [-0.2, -0.15) is 0 Å². The molecular formula is C15H23NO2. The van der Waals surface area contributed by atoms with Gasteiger partial charge in [0.05, 0.1) is 7.11 Å². The Kier molecular flexibility index (Phi) is 4.38. The van der Waals surface area contributed by atoms with Gasteiger partial charge in [-0.25, -0.2) is 0 Å². The Hall–Kier alpha value is -1.51. The van der Waals surface area contributed by atoms with Gasteiger partial charge >= 0.3 is 0 Å². The molecule has 0 aliphatic carbocycles. The summed E-state index contributed by atoms with van der Waals surface area (Å²) in [6.07, 6.45) is 0. The van der Waals surface area contributed by atoms with Crippen LogP contribution in [-0.4, -0.2) is 13.0 Å². The molecular weight excluding hydrogens is 226 g/mol. The lowest BCUT2D eigenvalue weighted by Gasteiger charge is -2.25. The smallest absolute Gasteiger partial charge is 0.217 e. The molecule has 0 spiro atoms. The van der Waals surface area contributed by atoms with E-state index in [1.165, 1.54) is 18.1 Å². The Morgan fingerprint density at radius 2 is 1.94 bits per heavy atom. The Balaban J connectivity index is 3.24. The molecule has 0 aliphatic heterocycles. The summed E-state index contributed by atoms with van der Waals surface area (Å²) in [5.41, 5.74) is 3.39. The van der Waals surface area contributed by atoms with Crippen molar-refractivity contribution in [2.45, 2.75) is 46.6 Å². The number of aryl methyl sites for hydroxylation is 1. The number of hydrogen-bond acceptors (Lipinski definition) is 2. The molecule has 18 heavy (non-hydrogen) atoms. The zero-order chi connectivity index (χ0) is 13.9. The second-order valence-electron chi connectivity index (χ2n) is 5.66. The fraction of sp³-hybridized carbons (Fsp3) is 0.533. The highest BCUT2D eigenvalue weighted by Crippen LogP contribution is 2.35. The van der Waals surface area contributed by atoms with E-state index in [0.29, 0.717) is 6.54 Å². The fourth-order valence-corrected chi connectivity index (χ4v) is 2.00. The zero-order valence-electron chi connectivity index (χ0n) is 12.2. The lowest BCUT2D eigenvalue weighted by molar-refractivity contribution is -0.119. The Labute approximate surface area is 110 Å². The van der Waals surface area contributed by atoms with E-state index in [0.717, 1.165) is 11.3 Å². The molecule has 0 saturated carbocycles. The molecule has 0 aliphatic rings. The standard InChI is InChI=1S/C15H23NO2/c1-10-7-12(9-16-11(2)17)14(18-6)13(8-10)15(3,4)5/h7-8H,9H2,1-6H3,(H,16,17). The van der Waals surface area contributed by atoms with Crippen LogP contribution in [0.1, 0.15) is 44.4 Å². The quantitative estimate of drug-likeness (QED) is 0.894. The molecule has 1 rings (SSSR count). The van der Waals surface area contributed by atoms with E-state index in [1.54, 1.807) is 7.11 Å². The van der Waals surface area contributed by atoms with Gasteiger partial charge in [0.1, 0.15) is 5.75 Å². The maximum Gasteiger partial charge on any atom is 0.217 e. The molecule has 0 heterocycles. The average Bonchev–Trinajstić information content (AvgIpc) is 2.24. The van der Waals surface area contributed by atoms with E-state index in [1.807, 2.05) is 0 Å². The van der Waals surface area contributed by atoms with Gasteiger partial charge in [0, 0.05) is 24.6 Å². The van der Waals surface area contributed by atoms with Crippen molar-refractivity contribution < 1.29 is 9.53 Å². The summed E-state index contributed by atoms with van der Waals surface area (Å²) in [6, 6.07) is 4.21. The molecule has 1 amide bonds. The van der Waals surface area contributed by atoms with Crippen molar-refractivity contribution in [1.29, 1.82) is 0 Å².